The van der Waals surface area contributed by atoms with E-state index in [4.69, 9.17) is 21.4 Å². The Bertz CT molecular complexity index is 835. The van der Waals surface area contributed by atoms with Crippen molar-refractivity contribution in [3.05, 3.63) is 62.7 Å². The van der Waals surface area contributed by atoms with Gasteiger partial charge in [-0.15, -0.1) is 0 Å². The molecule has 0 saturated carbocycles. The van der Waals surface area contributed by atoms with Gasteiger partial charge >= 0.3 is 47.4 Å². The monoisotopic (exact) mass is 385 g/mol. The molecule has 6 nitrogen and oxygen atoms in total. The molecule has 128 valence electrons. The molecule has 1 N–H and O–H groups in total. The predicted octanol–water partition coefficient (Wildman–Crippen LogP) is 1.87. The van der Waals surface area contributed by atoms with Crippen LogP contribution in [0.25, 0.3) is 0 Å². The molecular weight excluding hydrogens is 378 g/mol. The molecule has 25 heavy (non-hydrogen) atoms. The van der Waals surface area contributed by atoms with Crippen LogP contribution in [0.1, 0.15) is 17.3 Å². The van der Waals surface area contributed by atoms with Gasteiger partial charge < -0.3 is 11.3 Å². The van der Waals surface area contributed by atoms with Crippen LogP contribution in [0, 0.1) is 10.1 Å². The Morgan fingerprint density at radius 2 is 1.88 bits per heavy atom. The van der Waals surface area contributed by atoms with Crippen molar-refractivity contribution >= 4 is 23.3 Å². The van der Waals surface area contributed by atoms with Crippen LogP contribution in [0.3, 0.4) is 0 Å². The largest absolute Gasteiger partial charge is 1.00 e. The first-order chi connectivity index (χ1) is 11.1. The van der Waals surface area contributed by atoms with Crippen molar-refractivity contribution in [2.45, 2.75) is 6.18 Å². The van der Waals surface area contributed by atoms with Gasteiger partial charge in [0, 0.05) is 0 Å². The van der Waals surface area contributed by atoms with Gasteiger partial charge in [0.15, 0.2) is 0 Å². The van der Waals surface area contributed by atoms with Crippen molar-refractivity contribution in [3.8, 4) is 11.5 Å². The number of carboxylic acids is 1. The third kappa shape index (κ3) is 4.85. The number of carboxylic acid groups (broad SMARTS) is 1. The summed E-state index contributed by atoms with van der Waals surface area (Å²) < 4.78 is 42.9. The van der Waals surface area contributed by atoms with Gasteiger partial charge in [-0.05, 0) is 30.3 Å². The second kappa shape index (κ2) is 8.05. The summed E-state index contributed by atoms with van der Waals surface area (Å²) in [6.07, 6.45) is -4.61. The fraction of sp³-hybridized carbons (Fsp3) is 0.0714. The summed E-state index contributed by atoms with van der Waals surface area (Å²) >= 11 is 5.71. The molecule has 2 aromatic rings. The molecule has 0 heterocycles. The number of aromatic carboxylic acids is 1. The molecule has 0 bridgehead atoms. The Morgan fingerprint density at radius 3 is 2.36 bits per heavy atom. The Hall–Kier alpha value is -1.81. The first-order valence-electron chi connectivity index (χ1n) is 6.16. The maximum absolute atomic E-state index is 12.6. The van der Waals surface area contributed by atoms with Crippen LogP contribution >= 0.6 is 11.6 Å². The van der Waals surface area contributed by atoms with E-state index in [0.29, 0.717) is 12.1 Å². The molecule has 0 aliphatic heterocycles. The maximum atomic E-state index is 12.6. The van der Waals surface area contributed by atoms with Gasteiger partial charge in [-0.3, -0.25) is 10.1 Å². The minimum absolute atomic E-state index is 0. The van der Waals surface area contributed by atoms with E-state index in [1.165, 1.54) is 6.07 Å². The Kier molecular flexibility index (Phi) is 6.83. The van der Waals surface area contributed by atoms with E-state index in [2.05, 4.69) is 0 Å². The summed E-state index contributed by atoms with van der Waals surface area (Å²) in [5, 5.41) is 19.6. The maximum Gasteiger partial charge on any atom is 1.00 e. The number of rotatable bonds is 4. The summed E-state index contributed by atoms with van der Waals surface area (Å²) in [5.41, 5.74) is -2.48. The van der Waals surface area contributed by atoms with E-state index in [1.807, 2.05) is 0 Å². The number of halogens is 4. The van der Waals surface area contributed by atoms with Crippen LogP contribution in [0.5, 0.6) is 11.5 Å². The quantitative estimate of drug-likeness (QED) is 0.493. The number of carbonyl (C=O) groups is 1. The summed E-state index contributed by atoms with van der Waals surface area (Å²) in [5.74, 6) is -2.29. The number of alkyl halides is 3. The average molecular weight is 386 g/mol. The van der Waals surface area contributed by atoms with E-state index in [-0.39, 0.29) is 36.7 Å². The molecule has 0 amide bonds. The molecule has 0 aliphatic carbocycles. The van der Waals surface area contributed by atoms with Crippen LogP contribution in [0.2, 0.25) is 5.02 Å². The molecule has 2 aromatic carbocycles. The second-order valence-electron chi connectivity index (χ2n) is 4.46. The molecule has 0 atom stereocenters. The Morgan fingerprint density at radius 1 is 1.24 bits per heavy atom. The minimum atomic E-state index is -4.61. The van der Waals surface area contributed by atoms with Crippen LogP contribution in [-0.2, 0) is 6.18 Å². The zero-order chi connectivity index (χ0) is 18.1. The van der Waals surface area contributed by atoms with E-state index < -0.39 is 44.7 Å². The number of hydrogen-bond donors (Lipinski definition) is 1. The van der Waals surface area contributed by atoms with Gasteiger partial charge in [-0.2, -0.15) is 13.2 Å². The number of nitrogens with zero attached hydrogens (tertiary/aromatic N) is 1. The smallest absolute Gasteiger partial charge is 1.00 e. The molecule has 0 radical (unpaired) electrons. The molecule has 0 aliphatic rings. The van der Waals surface area contributed by atoms with Crippen molar-refractivity contribution in [1.29, 1.82) is 0 Å². The van der Waals surface area contributed by atoms with Gasteiger partial charge in [-0.25, -0.2) is 4.79 Å². The molecule has 0 saturated heterocycles. The third-order valence-corrected chi connectivity index (χ3v) is 3.19. The topological polar surface area (TPSA) is 89.7 Å². The SMILES string of the molecule is O=C(O)c1cccc(Oc2ccc(C(F)(F)F)cc2Cl)c1[N+](=O)[O-].[H-].[Na+]. The van der Waals surface area contributed by atoms with E-state index in [0.717, 1.165) is 18.2 Å². The third-order valence-electron chi connectivity index (χ3n) is 2.89. The van der Waals surface area contributed by atoms with Crippen LogP contribution in [0.4, 0.5) is 18.9 Å². The van der Waals surface area contributed by atoms with E-state index in [1.54, 1.807) is 0 Å². The van der Waals surface area contributed by atoms with Gasteiger partial charge in [-0.1, -0.05) is 17.7 Å². The van der Waals surface area contributed by atoms with Gasteiger partial charge in [0.05, 0.1) is 15.5 Å². The van der Waals surface area contributed by atoms with Crippen molar-refractivity contribution in [2.75, 3.05) is 0 Å². The van der Waals surface area contributed by atoms with Gasteiger partial charge in [0.1, 0.15) is 11.3 Å². The van der Waals surface area contributed by atoms with Gasteiger partial charge in [0.25, 0.3) is 0 Å². The summed E-state index contributed by atoms with van der Waals surface area (Å²) in [6.45, 7) is 0. The number of nitro benzene ring substituents is 1. The van der Waals surface area contributed by atoms with Crippen LogP contribution in [-0.4, -0.2) is 16.0 Å². The zero-order valence-corrected chi connectivity index (χ0v) is 15.3. The number of para-hydroxylation sites is 1. The fourth-order valence-electron chi connectivity index (χ4n) is 1.84. The van der Waals surface area contributed by atoms with Crippen molar-refractivity contribution in [1.82, 2.24) is 0 Å². The molecule has 0 aromatic heterocycles. The van der Waals surface area contributed by atoms with Crippen molar-refractivity contribution < 1.29 is 63.7 Å². The molecule has 2 rings (SSSR count). The molecule has 11 heteroatoms. The number of benzene rings is 2. The average Bonchev–Trinajstić information content (AvgIpc) is 2.47. The van der Waals surface area contributed by atoms with Crippen LogP contribution < -0.4 is 34.3 Å². The standard InChI is InChI=1S/C14H7ClF3NO5.Na.H/c15-9-6-7(14(16,17)18)4-5-10(9)24-11-3-1-2-8(13(20)21)12(11)19(22)23;;/h1-6H,(H,20,21);;/q;+1;-1. The van der Waals surface area contributed by atoms with E-state index >= 15 is 0 Å². The Labute approximate surface area is 167 Å². The van der Waals surface area contributed by atoms with E-state index in [9.17, 15) is 28.1 Å². The zero-order valence-electron chi connectivity index (χ0n) is 13.5. The molecule has 0 spiro atoms. The first-order valence-corrected chi connectivity index (χ1v) is 6.54. The normalized spacial score (nSPS) is 10.7. The second-order valence-corrected chi connectivity index (χ2v) is 4.87. The molecular formula is C14H8ClF3NNaO5. The first kappa shape index (κ1) is 21.2. The minimum Gasteiger partial charge on any atom is -1.00 e. The summed E-state index contributed by atoms with van der Waals surface area (Å²) in [6, 6.07) is 5.49. The fourth-order valence-corrected chi connectivity index (χ4v) is 2.06. The molecule has 0 fully saturated rings. The number of nitro groups is 1. The summed E-state index contributed by atoms with van der Waals surface area (Å²) in [4.78, 5) is 21.2. The number of ether oxygens (including phenoxy) is 1. The van der Waals surface area contributed by atoms with Crippen molar-refractivity contribution in [2.24, 2.45) is 0 Å². The van der Waals surface area contributed by atoms with Gasteiger partial charge in [0.2, 0.25) is 5.75 Å². The van der Waals surface area contributed by atoms with Crippen molar-refractivity contribution in [3.63, 3.8) is 0 Å². The summed E-state index contributed by atoms with van der Waals surface area (Å²) in [7, 11) is 0. The number of hydrogen-bond acceptors (Lipinski definition) is 4. The predicted molar refractivity (Wildman–Crippen MR) is 77.7 cm³/mol. The van der Waals surface area contributed by atoms with Crippen LogP contribution in [0.15, 0.2) is 36.4 Å². The Balaban J connectivity index is 0.00000312. The molecule has 0 unspecified atom stereocenters.